The van der Waals surface area contributed by atoms with Crippen molar-refractivity contribution in [3.8, 4) is 11.3 Å². The molecule has 3 rings (SSSR count). The number of nitrogens with zero attached hydrogens (tertiary/aromatic N) is 2. The average molecular weight is 464 g/mol. The molecule has 0 amide bonds. The van der Waals surface area contributed by atoms with Gasteiger partial charge in [0.15, 0.2) is 0 Å². The molecule has 0 atom stereocenters. The van der Waals surface area contributed by atoms with Gasteiger partial charge in [0.25, 0.3) is 0 Å². The molecule has 0 fully saturated rings. The molecule has 0 saturated heterocycles. The van der Waals surface area contributed by atoms with Crippen LogP contribution < -0.4 is 5.43 Å². The molecule has 0 saturated carbocycles. The van der Waals surface area contributed by atoms with Gasteiger partial charge in [-0.3, -0.25) is 5.43 Å². The molecule has 30 heavy (non-hydrogen) atoms. The Morgan fingerprint density at radius 2 is 1.53 bits per heavy atom. The summed E-state index contributed by atoms with van der Waals surface area (Å²) in [6.07, 6.45) is -9.85. The number of thiazole rings is 1. The number of benzene rings is 2. The molecule has 0 spiro atoms. The lowest BCUT2D eigenvalue weighted by Crippen LogP contribution is -2.13. The van der Waals surface area contributed by atoms with Crippen molar-refractivity contribution in [3.05, 3.63) is 69.6 Å². The lowest BCUT2D eigenvalue weighted by Gasteiger charge is -2.14. The van der Waals surface area contributed by atoms with Gasteiger partial charge in [-0.15, -0.1) is 11.3 Å². The Labute approximate surface area is 176 Å². The Hall–Kier alpha value is -2.59. The number of rotatable bonds is 4. The predicted octanol–water partition coefficient (Wildman–Crippen LogP) is 7.34. The molecule has 1 heterocycles. The zero-order valence-corrected chi connectivity index (χ0v) is 16.6. The van der Waals surface area contributed by atoms with Crippen LogP contribution in [-0.4, -0.2) is 10.7 Å². The second-order valence-corrected chi connectivity index (χ2v) is 7.44. The van der Waals surface area contributed by atoms with Crippen molar-refractivity contribution in [1.82, 2.24) is 4.98 Å². The van der Waals surface area contributed by atoms with E-state index in [2.05, 4.69) is 15.5 Å². The van der Waals surface area contributed by atoms with Crippen LogP contribution in [-0.2, 0) is 12.4 Å². The molecule has 0 unspecified atom stereocenters. The van der Waals surface area contributed by atoms with Gasteiger partial charge in [-0.05, 0) is 42.8 Å². The molecule has 0 aliphatic heterocycles. The van der Waals surface area contributed by atoms with E-state index in [9.17, 15) is 26.3 Å². The first-order valence-electron chi connectivity index (χ1n) is 8.25. The first-order valence-corrected chi connectivity index (χ1v) is 9.51. The van der Waals surface area contributed by atoms with E-state index >= 15 is 0 Å². The largest absolute Gasteiger partial charge is 0.416 e. The van der Waals surface area contributed by atoms with Gasteiger partial charge in [0.2, 0.25) is 5.13 Å². The number of aromatic nitrogens is 1. The number of hydrogen-bond donors (Lipinski definition) is 1. The predicted molar refractivity (Wildman–Crippen MR) is 105 cm³/mol. The molecule has 1 aromatic heterocycles. The Morgan fingerprint density at radius 1 is 0.967 bits per heavy atom. The molecule has 3 nitrogen and oxygen atoms in total. The van der Waals surface area contributed by atoms with Crippen LogP contribution in [0.5, 0.6) is 0 Å². The van der Waals surface area contributed by atoms with Crippen LogP contribution >= 0.6 is 22.9 Å². The topological polar surface area (TPSA) is 37.3 Å². The van der Waals surface area contributed by atoms with Gasteiger partial charge in [-0.1, -0.05) is 23.7 Å². The summed E-state index contributed by atoms with van der Waals surface area (Å²) in [5.74, 6) is 0. The third-order valence-electron chi connectivity index (χ3n) is 3.97. The standard InChI is InChI=1S/C19H12ClF6N3S/c1-10(12-6-13(18(21,22)23)8-14(7-12)19(24,25)26)28-29-17-27-16(9-30-17)11-2-4-15(20)5-3-11/h2-9H,1H3,(H,27,29)/b28-10+. The highest BCUT2D eigenvalue weighted by Crippen LogP contribution is 2.36. The minimum atomic E-state index is -4.92. The van der Waals surface area contributed by atoms with Crippen LogP contribution in [0.1, 0.15) is 23.6 Å². The Morgan fingerprint density at radius 3 is 2.07 bits per heavy atom. The summed E-state index contributed by atoms with van der Waals surface area (Å²) in [4.78, 5) is 4.29. The van der Waals surface area contributed by atoms with Gasteiger partial charge in [0.1, 0.15) is 0 Å². The fourth-order valence-electron chi connectivity index (χ4n) is 2.44. The average Bonchev–Trinajstić information content (AvgIpc) is 3.14. The first kappa shape index (κ1) is 22.1. The number of hydrogen-bond acceptors (Lipinski definition) is 4. The van der Waals surface area contributed by atoms with Gasteiger partial charge < -0.3 is 0 Å². The summed E-state index contributed by atoms with van der Waals surface area (Å²) in [5, 5.41) is 6.50. The molecule has 3 aromatic rings. The Balaban J connectivity index is 1.86. The summed E-state index contributed by atoms with van der Waals surface area (Å²) >= 11 is 7.02. The summed E-state index contributed by atoms with van der Waals surface area (Å²) in [6.45, 7) is 1.30. The fourth-order valence-corrected chi connectivity index (χ4v) is 3.23. The maximum atomic E-state index is 13.0. The van der Waals surface area contributed by atoms with Crippen molar-refractivity contribution in [2.45, 2.75) is 19.3 Å². The second-order valence-electron chi connectivity index (χ2n) is 6.15. The highest BCUT2D eigenvalue weighted by molar-refractivity contribution is 7.14. The van der Waals surface area contributed by atoms with Gasteiger partial charge in [0.05, 0.1) is 22.5 Å². The van der Waals surface area contributed by atoms with Gasteiger partial charge >= 0.3 is 12.4 Å². The van der Waals surface area contributed by atoms with E-state index < -0.39 is 23.5 Å². The first-order chi connectivity index (χ1) is 13.9. The summed E-state index contributed by atoms with van der Waals surface area (Å²) in [7, 11) is 0. The zero-order chi connectivity index (χ0) is 22.1. The van der Waals surface area contributed by atoms with Crippen molar-refractivity contribution in [3.63, 3.8) is 0 Å². The van der Waals surface area contributed by atoms with Crippen molar-refractivity contribution >= 4 is 33.8 Å². The van der Waals surface area contributed by atoms with Gasteiger partial charge in [0, 0.05) is 16.0 Å². The molecule has 0 aliphatic carbocycles. The normalized spacial score (nSPS) is 12.9. The molecular weight excluding hydrogens is 452 g/mol. The number of halogens is 7. The summed E-state index contributed by atoms with van der Waals surface area (Å²) in [5.41, 5.74) is 0.803. The quantitative estimate of drug-likeness (QED) is 0.250. The number of nitrogens with one attached hydrogen (secondary N) is 1. The molecule has 2 aromatic carbocycles. The molecule has 158 valence electrons. The van der Waals surface area contributed by atoms with E-state index in [4.69, 9.17) is 11.6 Å². The van der Waals surface area contributed by atoms with Crippen LogP contribution in [0.2, 0.25) is 5.02 Å². The van der Waals surface area contributed by atoms with Gasteiger partial charge in [-0.2, -0.15) is 31.4 Å². The van der Waals surface area contributed by atoms with E-state index in [0.717, 1.165) is 5.56 Å². The maximum Gasteiger partial charge on any atom is 0.416 e. The summed E-state index contributed by atoms with van der Waals surface area (Å²) in [6, 6.07) is 8.22. The van der Waals surface area contributed by atoms with Crippen molar-refractivity contribution in [1.29, 1.82) is 0 Å². The summed E-state index contributed by atoms with van der Waals surface area (Å²) < 4.78 is 78.0. The Bertz CT molecular complexity index is 1040. The molecule has 11 heteroatoms. The minimum absolute atomic E-state index is 0.0603. The molecular formula is C19H12ClF6N3S. The minimum Gasteiger partial charge on any atom is -0.252 e. The van der Waals surface area contributed by atoms with Gasteiger partial charge in [-0.25, -0.2) is 4.98 Å². The van der Waals surface area contributed by atoms with E-state index in [1.807, 2.05) is 0 Å². The zero-order valence-electron chi connectivity index (χ0n) is 15.1. The smallest absolute Gasteiger partial charge is 0.252 e. The van der Waals surface area contributed by atoms with E-state index in [1.165, 1.54) is 18.3 Å². The SMILES string of the molecule is C/C(=N\Nc1nc(-c2ccc(Cl)cc2)cs1)c1cc(C(F)(F)F)cc(C(F)(F)F)c1. The van der Waals surface area contributed by atoms with E-state index in [-0.39, 0.29) is 17.3 Å². The molecule has 0 bridgehead atoms. The monoisotopic (exact) mass is 463 g/mol. The Kier molecular flexibility index (Phi) is 6.09. The fraction of sp³-hybridized carbons (Fsp3) is 0.158. The highest BCUT2D eigenvalue weighted by Gasteiger charge is 2.37. The van der Waals surface area contributed by atoms with Crippen molar-refractivity contribution < 1.29 is 26.3 Å². The molecule has 0 radical (unpaired) electrons. The van der Waals surface area contributed by atoms with Crippen LogP contribution in [0.4, 0.5) is 31.5 Å². The van der Waals surface area contributed by atoms with E-state index in [1.54, 1.807) is 29.6 Å². The second kappa shape index (κ2) is 8.27. The number of alkyl halides is 6. The van der Waals surface area contributed by atoms with Crippen LogP contribution in [0.3, 0.4) is 0 Å². The number of anilines is 1. The van der Waals surface area contributed by atoms with Crippen LogP contribution in [0, 0.1) is 0 Å². The van der Waals surface area contributed by atoms with Crippen molar-refractivity contribution in [2.75, 3.05) is 5.43 Å². The van der Waals surface area contributed by atoms with Crippen molar-refractivity contribution in [2.24, 2.45) is 5.10 Å². The number of hydrazone groups is 1. The lowest BCUT2D eigenvalue weighted by atomic mass is 10.0. The highest BCUT2D eigenvalue weighted by atomic mass is 35.5. The molecule has 0 aliphatic rings. The maximum absolute atomic E-state index is 13.0. The van der Waals surface area contributed by atoms with E-state index in [0.29, 0.717) is 28.0 Å². The molecule has 1 N–H and O–H groups in total. The lowest BCUT2D eigenvalue weighted by molar-refractivity contribution is -0.143. The van der Waals surface area contributed by atoms with Crippen LogP contribution in [0.15, 0.2) is 52.9 Å². The third kappa shape index (κ3) is 5.31. The third-order valence-corrected chi connectivity index (χ3v) is 4.97. The van der Waals surface area contributed by atoms with Crippen LogP contribution in [0.25, 0.3) is 11.3 Å².